The Morgan fingerprint density at radius 3 is 2.27 bits per heavy atom. The highest BCUT2D eigenvalue weighted by molar-refractivity contribution is 6.00. The molecule has 0 aliphatic carbocycles. The van der Waals surface area contributed by atoms with Crippen molar-refractivity contribution in [3.63, 3.8) is 0 Å². The molecule has 2 N–H and O–H groups in total. The summed E-state index contributed by atoms with van der Waals surface area (Å²) in [6.07, 6.45) is 0.541. The molecule has 37 heavy (non-hydrogen) atoms. The van der Waals surface area contributed by atoms with Crippen LogP contribution in [0.5, 0.6) is 11.5 Å². The quantitative estimate of drug-likeness (QED) is 0.172. The van der Waals surface area contributed by atoms with E-state index in [1.807, 2.05) is 56.3 Å². The standard InChI is InChI=1S/C21H26N2O5.C8H8O/c1-6-13(3)28-21(22-4)18-19(24)17(14-10-8-9-11-16(14)26-5)15(12-27-7-2)23-20(18)25;1-7(9)8-5-3-2-4-6-8/h8-11H,3,6-7,12H2,1-2,4-5H3,(H2,23,24,25);2-6H,1H3. The number of H-pyrrole nitrogens is 1. The molecule has 0 saturated heterocycles. The molecule has 2 aromatic carbocycles. The summed E-state index contributed by atoms with van der Waals surface area (Å²) < 4.78 is 16.5. The van der Waals surface area contributed by atoms with Crippen LogP contribution in [-0.4, -0.2) is 42.5 Å². The lowest BCUT2D eigenvalue weighted by Gasteiger charge is -2.18. The van der Waals surface area contributed by atoms with Crippen molar-refractivity contribution in [3.8, 4) is 22.6 Å². The van der Waals surface area contributed by atoms with Gasteiger partial charge >= 0.3 is 0 Å². The first-order chi connectivity index (χ1) is 17.8. The monoisotopic (exact) mass is 506 g/mol. The number of pyridine rings is 1. The van der Waals surface area contributed by atoms with Crippen molar-refractivity contribution in [3.05, 3.63) is 94.1 Å². The van der Waals surface area contributed by atoms with E-state index in [0.29, 0.717) is 41.4 Å². The molecule has 0 aliphatic rings. The zero-order valence-electron chi connectivity index (χ0n) is 22.0. The number of para-hydroxylation sites is 1. The minimum Gasteiger partial charge on any atom is -0.506 e. The van der Waals surface area contributed by atoms with Gasteiger partial charge in [-0.1, -0.05) is 62.0 Å². The molecule has 0 aliphatic heterocycles. The van der Waals surface area contributed by atoms with E-state index in [4.69, 9.17) is 14.2 Å². The number of nitrogens with zero attached hydrogens (tertiary/aromatic N) is 1. The second kappa shape index (κ2) is 14.4. The smallest absolute Gasteiger partial charge is 0.264 e. The third kappa shape index (κ3) is 7.65. The molecule has 0 spiro atoms. The fraction of sp³-hybridized carbons (Fsp3) is 0.276. The van der Waals surface area contributed by atoms with Crippen molar-refractivity contribution in [2.24, 2.45) is 4.99 Å². The fourth-order valence-corrected chi connectivity index (χ4v) is 3.38. The Balaban J connectivity index is 0.000000449. The Morgan fingerprint density at radius 2 is 1.73 bits per heavy atom. The number of aliphatic imine (C=N–C) groups is 1. The van der Waals surface area contributed by atoms with Crippen LogP contribution in [0, 0.1) is 0 Å². The number of benzene rings is 2. The molecule has 1 heterocycles. The summed E-state index contributed by atoms with van der Waals surface area (Å²) in [7, 11) is 3.02. The van der Waals surface area contributed by atoms with Gasteiger partial charge in [-0.25, -0.2) is 0 Å². The van der Waals surface area contributed by atoms with Gasteiger partial charge in [-0.15, -0.1) is 0 Å². The summed E-state index contributed by atoms with van der Waals surface area (Å²) in [6, 6.07) is 16.4. The number of ether oxygens (including phenoxy) is 3. The van der Waals surface area contributed by atoms with Crippen molar-refractivity contribution >= 4 is 11.7 Å². The minimum atomic E-state index is -0.532. The lowest BCUT2D eigenvalue weighted by atomic mass is 9.99. The van der Waals surface area contributed by atoms with Crippen LogP contribution < -0.4 is 10.3 Å². The maximum atomic E-state index is 12.7. The first kappa shape index (κ1) is 29.1. The molecule has 196 valence electrons. The number of allylic oxidation sites excluding steroid dienone is 1. The summed E-state index contributed by atoms with van der Waals surface area (Å²) in [4.78, 5) is 30.2. The number of Topliss-reactive ketones (excluding diaryl/α,β-unsaturated/α-hetero) is 1. The highest BCUT2D eigenvalue weighted by atomic mass is 16.5. The topological polar surface area (TPSA) is 110 Å². The molecule has 0 bridgehead atoms. The third-order valence-corrected chi connectivity index (χ3v) is 5.33. The lowest BCUT2D eigenvalue weighted by Crippen LogP contribution is -2.23. The predicted molar refractivity (Wildman–Crippen MR) is 145 cm³/mol. The Hall–Kier alpha value is -4.17. The zero-order chi connectivity index (χ0) is 27.4. The van der Waals surface area contributed by atoms with E-state index in [2.05, 4.69) is 16.6 Å². The van der Waals surface area contributed by atoms with E-state index >= 15 is 0 Å². The van der Waals surface area contributed by atoms with Gasteiger partial charge in [-0.3, -0.25) is 14.6 Å². The maximum Gasteiger partial charge on any atom is 0.264 e. The average molecular weight is 507 g/mol. The van der Waals surface area contributed by atoms with Crippen molar-refractivity contribution in [1.29, 1.82) is 0 Å². The van der Waals surface area contributed by atoms with Crippen LogP contribution in [0.1, 0.15) is 48.8 Å². The molecule has 0 atom stereocenters. The van der Waals surface area contributed by atoms with Crippen molar-refractivity contribution in [2.45, 2.75) is 33.8 Å². The highest BCUT2D eigenvalue weighted by Crippen LogP contribution is 2.39. The van der Waals surface area contributed by atoms with E-state index < -0.39 is 5.56 Å². The third-order valence-electron chi connectivity index (χ3n) is 5.33. The molecular weight excluding hydrogens is 472 g/mol. The Morgan fingerprint density at radius 1 is 1.08 bits per heavy atom. The molecule has 0 unspecified atom stereocenters. The number of carbonyl (C=O) groups excluding carboxylic acids is 1. The van der Waals surface area contributed by atoms with Gasteiger partial charge in [0.1, 0.15) is 17.1 Å². The van der Waals surface area contributed by atoms with Crippen LogP contribution in [0.25, 0.3) is 11.1 Å². The van der Waals surface area contributed by atoms with Crippen LogP contribution >= 0.6 is 0 Å². The lowest BCUT2D eigenvalue weighted by molar-refractivity contribution is 0.101. The normalized spacial score (nSPS) is 10.8. The average Bonchev–Trinajstić information content (AvgIpc) is 2.91. The number of nitrogens with one attached hydrogen (secondary N) is 1. The molecule has 3 rings (SSSR count). The first-order valence-electron chi connectivity index (χ1n) is 11.9. The van der Waals surface area contributed by atoms with Crippen molar-refractivity contribution in [2.75, 3.05) is 20.8 Å². The van der Waals surface area contributed by atoms with Crippen LogP contribution in [0.4, 0.5) is 0 Å². The summed E-state index contributed by atoms with van der Waals surface area (Å²) in [6.45, 7) is 9.63. The first-order valence-corrected chi connectivity index (χ1v) is 11.9. The molecule has 1 aromatic heterocycles. The Labute approximate surface area is 217 Å². The Bertz CT molecular complexity index is 1300. The largest absolute Gasteiger partial charge is 0.506 e. The van der Waals surface area contributed by atoms with Gasteiger partial charge in [-0.2, -0.15) is 0 Å². The van der Waals surface area contributed by atoms with Gasteiger partial charge < -0.3 is 24.3 Å². The fourth-order valence-electron chi connectivity index (χ4n) is 3.38. The molecule has 0 fully saturated rings. The second-order valence-corrected chi connectivity index (χ2v) is 7.81. The van der Waals surface area contributed by atoms with Crippen LogP contribution in [-0.2, 0) is 16.1 Å². The van der Waals surface area contributed by atoms with Crippen LogP contribution in [0.2, 0.25) is 0 Å². The molecule has 0 amide bonds. The van der Waals surface area contributed by atoms with E-state index in [0.717, 1.165) is 5.56 Å². The van der Waals surface area contributed by atoms with E-state index in [1.165, 1.54) is 14.2 Å². The zero-order valence-corrected chi connectivity index (χ0v) is 22.0. The van der Waals surface area contributed by atoms with Gasteiger partial charge in [0, 0.05) is 31.2 Å². The summed E-state index contributed by atoms with van der Waals surface area (Å²) in [5.41, 5.74) is 1.61. The molecule has 0 saturated carbocycles. The van der Waals surface area contributed by atoms with Gasteiger partial charge in [0.2, 0.25) is 5.90 Å². The van der Waals surface area contributed by atoms with Crippen molar-refractivity contribution in [1.82, 2.24) is 4.98 Å². The second-order valence-electron chi connectivity index (χ2n) is 7.81. The number of ketones is 1. The molecule has 0 radical (unpaired) electrons. The summed E-state index contributed by atoms with van der Waals surface area (Å²) in [5.74, 6) is 0.826. The maximum absolute atomic E-state index is 12.7. The van der Waals surface area contributed by atoms with E-state index in [-0.39, 0.29) is 29.6 Å². The molecule has 8 nitrogen and oxygen atoms in total. The number of carbonyl (C=O) groups is 1. The van der Waals surface area contributed by atoms with Crippen molar-refractivity contribution < 1.29 is 24.1 Å². The van der Waals surface area contributed by atoms with Crippen LogP contribution in [0.3, 0.4) is 0 Å². The number of aromatic hydroxyl groups is 1. The van der Waals surface area contributed by atoms with Gasteiger partial charge in [0.15, 0.2) is 5.78 Å². The molecular formula is C29H34N2O6. The van der Waals surface area contributed by atoms with Gasteiger partial charge in [-0.05, 0) is 19.9 Å². The molecule has 3 aromatic rings. The number of hydrogen-bond acceptors (Lipinski definition) is 7. The predicted octanol–water partition coefficient (Wildman–Crippen LogP) is 5.50. The number of rotatable bonds is 9. The Kier molecular flexibility index (Phi) is 11.3. The van der Waals surface area contributed by atoms with Crippen LogP contribution in [0.15, 0.2) is 76.7 Å². The van der Waals surface area contributed by atoms with E-state index in [9.17, 15) is 14.7 Å². The highest BCUT2D eigenvalue weighted by Gasteiger charge is 2.25. The SMILES string of the molecule is C=C(CC)OC(=NC)c1c(O)c(-c2ccccc2OC)c(COCC)[nH]c1=O.CC(=O)c1ccccc1. The summed E-state index contributed by atoms with van der Waals surface area (Å²) in [5, 5.41) is 11.1. The molecule has 8 heteroatoms. The summed E-state index contributed by atoms with van der Waals surface area (Å²) >= 11 is 0. The minimum absolute atomic E-state index is 0.00953. The number of aromatic amines is 1. The van der Waals surface area contributed by atoms with Gasteiger partial charge in [0.05, 0.1) is 30.7 Å². The number of methoxy groups -OCH3 is 1. The number of aromatic nitrogens is 1. The van der Waals surface area contributed by atoms with E-state index in [1.54, 1.807) is 19.1 Å². The van der Waals surface area contributed by atoms with Gasteiger partial charge in [0.25, 0.3) is 5.56 Å². The number of hydrogen-bond donors (Lipinski definition) is 2.